The molecule has 22 heavy (non-hydrogen) atoms. The van der Waals surface area contributed by atoms with Crippen molar-refractivity contribution in [3.8, 4) is 0 Å². The van der Waals surface area contributed by atoms with Gasteiger partial charge >= 0.3 is 11.9 Å². The molecule has 1 heterocycles. The van der Waals surface area contributed by atoms with Gasteiger partial charge in [0.15, 0.2) is 0 Å². The van der Waals surface area contributed by atoms with Gasteiger partial charge in [-0.2, -0.15) is 0 Å². The predicted octanol–water partition coefficient (Wildman–Crippen LogP) is 1.90. The molecule has 2 fully saturated rings. The molecule has 0 amide bonds. The van der Waals surface area contributed by atoms with E-state index in [1.807, 2.05) is 13.8 Å². The minimum Gasteiger partial charge on any atom is -0.459 e. The number of hydrogen-bond acceptors (Lipinski definition) is 5. The van der Waals surface area contributed by atoms with Crippen molar-refractivity contribution in [2.75, 3.05) is 0 Å². The molecule has 0 aromatic rings. The average Bonchev–Trinajstić information content (AvgIpc) is 2.68. The van der Waals surface area contributed by atoms with Gasteiger partial charge in [-0.1, -0.05) is 24.6 Å². The fraction of sp³-hybridized carbons (Fsp3) is 0.647. The van der Waals surface area contributed by atoms with E-state index in [4.69, 9.17) is 9.47 Å². The van der Waals surface area contributed by atoms with Crippen LogP contribution in [0.15, 0.2) is 23.3 Å². The first kappa shape index (κ1) is 15.3. The molecule has 0 aromatic carbocycles. The van der Waals surface area contributed by atoms with Crippen molar-refractivity contribution in [2.24, 2.45) is 11.3 Å². The Morgan fingerprint density at radius 3 is 2.77 bits per heavy atom. The minimum atomic E-state index is -0.788. The first-order chi connectivity index (χ1) is 10.2. The molecule has 5 atom stereocenters. The van der Waals surface area contributed by atoms with E-state index >= 15 is 0 Å². The van der Waals surface area contributed by atoms with E-state index in [0.29, 0.717) is 24.8 Å². The van der Waals surface area contributed by atoms with Crippen molar-refractivity contribution in [3.05, 3.63) is 23.3 Å². The summed E-state index contributed by atoms with van der Waals surface area (Å²) in [5, 5.41) is 10.8. The molecule has 5 nitrogen and oxygen atoms in total. The van der Waals surface area contributed by atoms with E-state index in [1.54, 1.807) is 0 Å². The van der Waals surface area contributed by atoms with Gasteiger partial charge in [0.05, 0.1) is 0 Å². The molecule has 120 valence electrons. The number of carbonyl (C=O) groups excluding carboxylic acids is 2. The fourth-order valence-corrected chi connectivity index (χ4v) is 4.33. The Bertz CT molecular complexity index is 590. The van der Waals surface area contributed by atoms with Crippen molar-refractivity contribution in [1.82, 2.24) is 0 Å². The van der Waals surface area contributed by atoms with Gasteiger partial charge in [0.2, 0.25) is 0 Å². The van der Waals surface area contributed by atoms with E-state index in [0.717, 1.165) is 11.1 Å². The standard InChI is InChI=1S/C17H22O5/c1-8-5-13(21-10(3)18)15(19)17(4)7-14-11(6-12(8)17)9(2)16(20)22-14/h11,13-15,19H,2,5-7H2,1,3-4H3/t11-,13+,14+,15-,17-/m1/s1. The number of hydrogen-bond donors (Lipinski definition) is 1. The summed E-state index contributed by atoms with van der Waals surface area (Å²) in [7, 11) is 0. The van der Waals surface area contributed by atoms with Gasteiger partial charge in [0, 0.05) is 30.3 Å². The maximum absolute atomic E-state index is 11.8. The summed E-state index contributed by atoms with van der Waals surface area (Å²) in [4.78, 5) is 23.0. The number of carbonyl (C=O) groups is 2. The van der Waals surface area contributed by atoms with Gasteiger partial charge in [0.25, 0.3) is 0 Å². The number of rotatable bonds is 1. The van der Waals surface area contributed by atoms with Crippen molar-refractivity contribution in [2.45, 2.75) is 58.3 Å². The summed E-state index contributed by atoms with van der Waals surface area (Å²) in [6.45, 7) is 9.18. The zero-order valence-electron chi connectivity index (χ0n) is 13.2. The lowest BCUT2D eigenvalue weighted by molar-refractivity contribution is -0.161. The zero-order chi connectivity index (χ0) is 16.2. The Kier molecular flexibility index (Phi) is 3.44. The van der Waals surface area contributed by atoms with E-state index in [-0.39, 0.29) is 18.0 Å². The fourth-order valence-electron chi connectivity index (χ4n) is 4.33. The summed E-state index contributed by atoms with van der Waals surface area (Å²) < 4.78 is 10.7. The predicted molar refractivity (Wildman–Crippen MR) is 78.7 cm³/mol. The Hall–Kier alpha value is -1.62. The first-order valence-electron chi connectivity index (χ1n) is 7.68. The van der Waals surface area contributed by atoms with Gasteiger partial charge < -0.3 is 14.6 Å². The van der Waals surface area contributed by atoms with Crippen LogP contribution in [0.4, 0.5) is 0 Å². The van der Waals surface area contributed by atoms with Crippen LogP contribution >= 0.6 is 0 Å². The summed E-state index contributed by atoms with van der Waals surface area (Å²) >= 11 is 0. The lowest BCUT2D eigenvalue weighted by atomic mass is 9.58. The van der Waals surface area contributed by atoms with Crippen LogP contribution in [0.1, 0.15) is 40.0 Å². The van der Waals surface area contributed by atoms with Crippen molar-refractivity contribution >= 4 is 11.9 Å². The van der Waals surface area contributed by atoms with Crippen molar-refractivity contribution < 1.29 is 24.2 Å². The van der Waals surface area contributed by atoms with E-state index in [9.17, 15) is 14.7 Å². The lowest BCUT2D eigenvalue weighted by Gasteiger charge is -2.50. The first-order valence-corrected chi connectivity index (χ1v) is 7.68. The Labute approximate surface area is 130 Å². The average molecular weight is 306 g/mol. The normalized spacial score (nSPS) is 40.9. The van der Waals surface area contributed by atoms with Crippen LogP contribution in [0.25, 0.3) is 0 Å². The quantitative estimate of drug-likeness (QED) is 0.455. The monoisotopic (exact) mass is 306 g/mol. The van der Waals surface area contributed by atoms with Crippen LogP contribution < -0.4 is 0 Å². The third-order valence-corrected chi connectivity index (χ3v) is 5.50. The summed E-state index contributed by atoms with van der Waals surface area (Å²) in [6.07, 6.45) is 0.179. The third kappa shape index (κ3) is 2.10. The molecule has 0 aromatic heterocycles. The molecule has 1 aliphatic heterocycles. The second-order valence-electron chi connectivity index (χ2n) is 6.96. The van der Waals surface area contributed by atoms with Gasteiger partial charge in [0.1, 0.15) is 18.3 Å². The van der Waals surface area contributed by atoms with Gasteiger partial charge in [-0.15, -0.1) is 0 Å². The van der Waals surface area contributed by atoms with Crippen LogP contribution in [0.2, 0.25) is 0 Å². The number of ether oxygens (including phenoxy) is 2. The molecular formula is C17H22O5. The third-order valence-electron chi connectivity index (χ3n) is 5.50. The smallest absolute Gasteiger partial charge is 0.334 e. The largest absolute Gasteiger partial charge is 0.459 e. The van der Waals surface area contributed by atoms with Crippen LogP contribution in [-0.2, 0) is 19.1 Å². The highest BCUT2D eigenvalue weighted by Gasteiger charge is 2.55. The minimum absolute atomic E-state index is 0.00278. The zero-order valence-corrected chi connectivity index (χ0v) is 13.2. The Morgan fingerprint density at radius 2 is 2.14 bits per heavy atom. The van der Waals surface area contributed by atoms with Crippen LogP contribution in [0.5, 0.6) is 0 Å². The molecule has 1 saturated heterocycles. The SMILES string of the molecule is C=C1C(=O)O[C@H]2C[C@]3(C)C(=C(C)C[C@H](OC(C)=O)[C@H]3O)C[C@H]12. The molecule has 1 saturated carbocycles. The van der Waals surface area contributed by atoms with Gasteiger partial charge in [-0.3, -0.25) is 4.79 Å². The Morgan fingerprint density at radius 1 is 1.45 bits per heavy atom. The highest BCUT2D eigenvalue weighted by molar-refractivity contribution is 5.91. The van der Waals surface area contributed by atoms with E-state index in [1.165, 1.54) is 6.92 Å². The highest BCUT2D eigenvalue weighted by Crippen LogP contribution is 2.55. The molecule has 1 N–H and O–H groups in total. The molecule has 3 rings (SSSR count). The van der Waals surface area contributed by atoms with Gasteiger partial charge in [-0.05, 0) is 19.8 Å². The number of aliphatic hydroxyl groups excluding tert-OH is 1. The molecule has 0 unspecified atom stereocenters. The second kappa shape index (κ2) is 4.95. The topological polar surface area (TPSA) is 72.8 Å². The van der Waals surface area contributed by atoms with Crippen LogP contribution in [0.3, 0.4) is 0 Å². The molecule has 0 bridgehead atoms. The molecule has 0 radical (unpaired) electrons. The molecule has 5 heteroatoms. The maximum Gasteiger partial charge on any atom is 0.334 e. The van der Waals surface area contributed by atoms with Crippen LogP contribution in [0, 0.1) is 11.3 Å². The second-order valence-corrected chi connectivity index (χ2v) is 6.96. The van der Waals surface area contributed by atoms with Crippen LogP contribution in [-0.4, -0.2) is 35.4 Å². The number of fused-ring (bicyclic) bond motifs is 2. The van der Waals surface area contributed by atoms with E-state index in [2.05, 4.69) is 6.58 Å². The molecule has 3 aliphatic rings. The highest BCUT2D eigenvalue weighted by atomic mass is 16.6. The Balaban J connectivity index is 1.96. The van der Waals surface area contributed by atoms with Gasteiger partial charge in [-0.25, -0.2) is 4.79 Å². The van der Waals surface area contributed by atoms with Crippen molar-refractivity contribution in [1.29, 1.82) is 0 Å². The molecular weight excluding hydrogens is 284 g/mol. The lowest BCUT2D eigenvalue weighted by Crippen LogP contribution is -2.52. The number of esters is 2. The summed E-state index contributed by atoms with van der Waals surface area (Å²) in [6, 6.07) is 0. The maximum atomic E-state index is 11.8. The number of aliphatic hydroxyl groups is 1. The summed E-state index contributed by atoms with van der Waals surface area (Å²) in [5.41, 5.74) is 2.28. The summed E-state index contributed by atoms with van der Waals surface area (Å²) in [5.74, 6) is -0.720. The molecule has 2 aliphatic carbocycles. The molecule has 0 spiro atoms. The van der Waals surface area contributed by atoms with E-state index < -0.39 is 23.6 Å². The van der Waals surface area contributed by atoms with Crippen molar-refractivity contribution in [3.63, 3.8) is 0 Å².